The summed E-state index contributed by atoms with van der Waals surface area (Å²) in [5.41, 5.74) is 6.19. The number of fused-ring (bicyclic) bond motifs is 1. The number of ether oxygens (including phenoxy) is 2. The lowest BCUT2D eigenvalue weighted by Crippen LogP contribution is -2.48. The molecule has 2 rings (SSSR count). The van der Waals surface area contributed by atoms with E-state index in [0.717, 1.165) is 24.4 Å². The van der Waals surface area contributed by atoms with Gasteiger partial charge in [0.2, 0.25) is 0 Å². The number of nitrogens with zero attached hydrogens (tertiary/aromatic N) is 1. The molecule has 0 radical (unpaired) electrons. The zero-order valence-corrected chi connectivity index (χ0v) is 12.8. The number of hydrogen-bond acceptors (Lipinski definition) is 5. The second-order valence-corrected chi connectivity index (χ2v) is 5.54. The van der Waals surface area contributed by atoms with Crippen molar-refractivity contribution in [3.05, 3.63) is 24.3 Å². The van der Waals surface area contributed by atoms with Crippen LogP contribution in [0, 0.1) is 0 Å². The van der Waals surface area contributed by atoms with Crippen molar-refractivity contribution in [1.82, 2.24) is 0 Å². The van der Waals surface area contributed by atoms with Crippen LogP contribution < -0.4 is 15.4 Å². The van der Waals surface area contributed by atoms with Gasteiger partial charge in [-0.05, 0) is 38.8 Å². The quantitative estimate of drug-likeness (QED) is 0.840. The lowest BCUT2D eigenvalue weighted by Gasteiger charge is -2.28. The lowest BCUT2D eigenvalue weighted by molar-refractivity contribution is -0.149. The fraction of sp³-hybridized carbons (Fsp3) is 0.562. The molecule has 1 atom stereocenters. The minimum absolute atomic E-state index is 0.343. The zero-order valence-electron chi connectivity index (χ0n) is 12.8. The fourth-order valence-corrected chi connectivity index (χ4v) is 2.40. The first-order valence-electron chi connectivity index (χ1n) is 7.47. The maximum Gasteiger partial charge on any atom is 0.325 e. The third-order valence-corrected chi connectivity index (χ3v) is 3.68. The largest absolute Gasteiger partial charge is 0.491 e. The fourth-order valence-electron chi connectivity index (χ4n) is 2.40. The van der Waals surface area contributed by atoms with Gasteiger partial charge in [0.1, 0.15) is 11.3 Å². The number of para-hydroxylation sites is 2. The molecule has 1 aliphatic rings. The van der Waals surface area contributed by atoms with E-state index >= 15 is 0 Å². The van der Waals surface area contributed by atoms with Crippen LogP contribution in [-0.4, -0.2) is 37.8 Å². The van der Waals surface area contributed by atoms with E-state index in [2.05, 4.69) is 4.90 Å². The molecule has 0 bridgehead atoms. The van der Waals surface area contributed by atoms with Gasteiger partial charge in [0.05, 0.1) is 18.9 Å². The van der Waals surface area contributed by atoms with Gasteiger partial charge >= 0.3 is 5.97 Å². The lowest BCUT2D eigenvalue weighted by atomic mass is 9.99. The highest BCUT2D eigenvalue weighted by molar-refractivity contribution is 5.80. The summed E-state index contributed by atoms with van der Waals surface area (Å²) < 4.78 is 10.8. The molecule has 5 nitrogen and oxygen atoms in total. The highest BCUT2D eigenvalue weighted by Crippen LogP contribution is 2.30. The highest BCUT2D eigenvalue weighted by Gasteiger charge is 2.30. The van der Waals surface area contributed by atoms with Crippen molar-refractivity contribution in [2.45, 2.75) is 32.2 Å². The molecule has 0 aromatic heterocycles. The first kappa shape index (κ1) is 15.6. The summed E-state index contributed by atoms with van der Waals surface area (Å²) in [6.07, 6.45) is 1.50. The third kappa shape index (κ3) is 3.88. The molecule has 1 aromatic rings. The topological polar surface area (TPSA) is 64.8 Å². The number of esters is 1. The van der Waals surface area contributed by atoms with Gasteiger partial charge < -0.3 is 20.1 Å². The van der Waals surface area contributed by atoms with Crippen LogP contribution in [0.25, 0.3) is 0 Å². The molecule has 0 aliphatic carbocycles. The molecule has 21 heavy (non-hydrogen) atoms. The van der Waals surface area contributed by atoms with Gasteiger partial charge in [0.15, 0.2) is 0 Å². The molecule has 0 fully saturated rings. The summed E-state index contributed by atoms with van der Waals surface area (Å²) in [7, 11) is 0. The van der Waals surface area contributed by atoms with Crippen molar-refractivity contribution in [3.8, 4) is 5.75 Å². The van der Waals surface area contributed by atoms with Gasteiger partial charge in [-0.3, -0.25) is 4.79 Å². The molecule has 0 saturated carbocycles. The Morgan fingerprint density at radius 1 is 1.48 bits per heavy atom. The Morgan fingerprint density at radius 3 is 3.00 bits per heavy atom. The maximum absolute atomic E-state index is 11.9. The van der Waals surface area contributed by atoms with E-state index in [0.29, 0.717) is 26.2 Å². The average molecular weight is 292 g/mol. The monoisotopic (exact) mass is 292 g/mol. The van der Waals surface area contributed by atoms with E-state index in [1.54, 1.807) is 13.8 Å². The van der Waals surface area contributed by atoms with Crippen molar-refractivity contribution >= 4 is 11.7 Å². The SMILES string of the molecule is CCOC(=O)C(C)(N)CCN1CCCOc2ccccc21. The number of nitrogens with two attached hydrogens (primary N) is 1. The van der Waals surface area contributed by atoms with Gasteiger partial charge in [-0.1, -0.05) is 12.1 Å². The first-order chi connectivity index (χ1) is 10.0. The predicted molar refractivity (Wildman–Crippen MR) is 82.6 cm³/mol. The smallest absolute Gasteiger partial charge is 0.325 e. The zero-order chi connectivity index (χ0) is 15.3. The van der Waals surface area contributed by atoms with Gasteiger partial charge in [0.25, 0.3) is 0 Å². The van der Waals surface area contributed by atoms with Crippen LogP contribution >= 0.6 is 0 Å². The maximum atomic E-state index is 11.9. The van der Waals surface area contributed by atoms with Gasteiger partial charge in [-0.25, -0.2) is 0 Å². The van der Waals surface area contributed by atoms with Crippen LogP contribution in [0.4, 0.5) is 5.69 Å². The van der Waals surface area contributed by atoms with E-state index in [1.165, 1.54) is 0 Å². The second-order valence-electron chi connectivity index (χ2n) is 5.54. The van der Waals surface area contributed by atoms with Crippen LogP contribution in [0.3, 0.4) is 0 Å². The summed E-state index contributed by atoms with van der Waals surface area (Å²) in [4.78, 5) is 14.1. The van der Waals surface area contributed by atoms with Crippen molar-refractivity contribution < 1.29 is 14.3 Å². The molecule has 2 N–H and O–H groups in total. The number of rotatable bonds is 5. The third-order valence-electron chi connectivity index (χ3n) is 3.68. The van der Waals surface area contributed by atoms with Gasteiger partial charge in [0, 0.05) is 13.1 Å². The van der Waals surface area contributed by atoms with Gasteiger partial charge in [-0.2, -0.15) is 0 Å². The van der Waals surface area contributed by atoms with Crippen LogP contribution in [0.2, 0.25) is 0 Å². The standard InChI is InChI=1S/C16H24N2O3/c1-3-20-15(19)16(2,17)9-11-18-10-6-12-21-14-8-5-4-7-13(14)18/h4-5,7-8H,3,6,9-12,17H2,1-2H3. The van der Waals surface area contributed by atoms with E-state index in [9.17, 15) is 4.79 Å². The molecule has 116 valence electrons. The highest BCUT2D eigenvalue weighted by atomic mass is 16.5. The molecule has 0 amide bonds. The van der Waals surface area contributed by atoms with E-state index < -0.39 is 5.54 Å². The van der Waals surface area contributed by atoms with Crippen LogP contribution in [0.15, 0.2) is 24.3 Å². The molecular formula is C16H24N2O3. The van der Waals surface area contributed by atoms with Crippen LogP contribution in [0.1, 0.15) is 26.7 Å². The summed E-state index contributed by atoms with van der Waals surface area (Å²) in [6.45, 7) is 6.18. The number of hydrogen-bond donors (Lipinski definition) is 1. The summed E-state index contributed by atoms with van der Waals surface area (Å²) in [5.74, 6) is 0.550. The van der Waals surface area contributed by atoms with Crippen molar-refractivity contribution in [3.63, 3.8) is 0 Å². The Kier molecular flexibility index (Phi) is 5.07. The Labute approximate surface area is 126 Å². The molecule has 1 aliphatic heterocycles. The van der Waals surface area contributed by atoms with E-state index in [-0.39, 0.29) is 5.97 Å². The predicted octanol–water partition coefficient (Wildman–Crippen LogP) is 1.95. The molecule has 1 unspecified atom stereocenters. The van der Waals surface area contributed by atoms with E-state index in [1.807, 2.05) is 24.3 Å². The summed E-state index contributed by atoms with van der Waals surface area (Å²) >= 11 is 0. The van der Waals surface area contributed by atoms with Crippen LogP contribution in [-0.2, 0) is 9.53 Å². The van der Waals surface area contributed by atoms with Crippen molar-refractivity contribution in [2.24, 2.45) is 5.73 Å². The number of benzene rings is 1. The Balaban J connectivity index is 2.04. The molecule has 0 spiro atoms. The molecule has 5 heteroatoms. The first-order valence-corrected chi connectivity index (χ1v) is 7.47. The number of anilines is 1. The number of carbonyl (C=O) groups excluding carboxylic acids is 1. The van der Waals surface area contributed by atoms with Crippen LogP contribution in [0.5, 0.6) is 5.75 Å². The molecular weight excluding hydrogens is 268 g/mol. The Bertz CT molecular complexity index is 488. The molecule has 0 saturated heterocycles. The number of carbonyl (C=O) groups is 1. The second kappa shape index (κ2) is 6.80. The van der Waals surface area contributed by atoms with Gasteiger partial charge in [-0.15, -0.1) is 0 Å². The minimum atomic E-state index is -0.960. The van der Waals surface area contributed by atoms with Crippen molar-refractivity contribution in [2.75, 3.05) is 31.2 Å². The average Bonchev–Trinajstić information content (AvgIpc) is 2.68. The summed E-state index contributed by atoms with van der Waals surface area (Å²) in [6, 6.07) is 7.97. The van der Waals surface area contributed by atoms with E-state index in [4.69, 9.17) is 15.2 Å². The summed E-state index contributed by atoms with van der Waals surface area (Å²) in [5, 5.41) is 0. The Morgan fingerprint density at radius 2 is 2.24 bits per heavy atom. The normalized spacial score (nSPS) is 17.2. The Hall–Kier alpha value is -1.75. The molecule has 1 heterocycles. The van der Waals surface area contributed by atoms with Crippen molar-refractivity contribution in [1.29, 1.82) is 0 Å². The molecule has 1 aromatic carbocycles. The minimum Gasteiger partial charge on any atom is -0.491 e.